The van der Waals surface area contributed by atoms with E-state index in [-0.39, 0.29) is 5.97 Å². The van der Waals surface area contributed by atoms with Crippen molar-refractivity contribution in [2.75, 3.05) is 14.2 Å². The number of pyridine rings is 1. The number of benzene rings is 1. The molecule has 4 nitrogen and oxygen atoms in total. The Labute approximate surface area is 112 Å². The van der Waals surface area contributed by atoms with Crippen molar-refractivity contribution >= 4 is 16.9 Å². The van der Waals surface area contributed by atoms with Crippen molar-refractivity contribution in [2.45, 2.75) is 19.8 Å². The van der Waals surface area contributed by atoms with Gasteiger partial charge >= 0.3 is 5.97 Å². The van der Waals surface area contributed by atoms with Crippen LogP contribution in [0.5, 0.6) is 5.75 Å². The van der Waals surface area contributed by atoms with Crippen molar-refractivity contribution in [3.8, 4) is 5.75 Å². The fourth-order valence-electron chi connectivity index (χ4n) is 2.20. The van der Waals surface area contributed by atoms with E-state index < -0.39 is 0 Å². The van der Waals surface area contributed by atoms with Gasteiger partial charge in [-0.3, -0.25) is 9.78 Å². The molecule has 1 aromatic carbocycles. The van der Waals surface area contributed by atoms with Crippen LogP contribution in [0.2, 0.25) is 0 Å². The molecule has 0 aliphatic carbocycles. The minimum absolute atomic E-state index is 0.203. The Balaban J connectivity index is 2.47. The van der Waals surface area contributed by atoms with E-state index >= 15 is 0 Å². The average Bonchev–Trinajstić information content (AvgIpc) is 2.44. The minimum Gasteiger partial charge on any atom is -0.494 e. The van der Waals surface area contributed by atoms with Gasteiger partial charge in [-0.15, -0.1) is 0 Å². The van der Waals surface area contributed by atoms with Crippen molar-refractivity contribution in [1.29, 1.82) is 0 Å². The van der Waals surface area contributed by atoms with Gasteiger partial charge in [-0.2, -0.15) is 0 Å². The molecule has 0 fully saturated rings. The molecule has 0 bridgehead atoms. The van der Waals surface area contributed by atoms with E-state index in [4.69, 9.17) is 4.74 Å². The molecule has 100 valence electrons. The molecule has 0 atom stereocenters. The fraction of sp³-hybridized carbons (Fsp3) is 0.333. The Bertz CT molecular complexity index is 608. The van der Waals surface area contributed by atoms with Crippen LogP contribution in [-0.2, 0) is 16.0 Å². The van der Waals surface area contributed by atoms with Crippen LogP contribution in [0.1, 0.15) is 17.5 Å². The lowest BCUT2D eigenvalue weighted by atomic mass is 10.00. The summed E-state index contributed by atoms with van der Waals surface area (Å²) < 4.78 is 10.0. The van der Waals surface area contributed by atoms with Crippen molar-refractivity contribution in [2.24, 2.45) is 0 Å². The van der Waals surface area contributed by atoms with Crippen LogP contribution in [0, 0.1) is 6.92 Å². The quantitative estimate of drug-likeness (QED) is 0.792. The Morgan fingerprint density at radius 2 is 2.05 bits per heavy atom. The Kier molecular flexibility index (Phi) is 4.00. The van der Waals surface area contributed by atoms with E-state index in [0.717, 1.165) is 27.8 Å². The standard InChI is InChI=1S/C15H17NO3/c1-10-8-9-16-15-12(18-2)6-4-11(14(10)15)5-7-13(17)19-3/h4,6,8-9H,5,7H2,1-3H3. The molecule has 0 unspecified atom stereocenters. The highest BCUT2D eigenvalue weighted by molar-refractivity contribution is 5.90. The van der Waals surface area contributed by atoms with Gasteiger partial charge in [0.05, 0.1) is 14.2 Å². The van der Waals surface area contributed by atoms with Gasteiger partial charge in [-0.25, -0.2) is 0 Å². The molecule has 2 aromatic rings. The summed E-state index contributed by atoms with van der Waals surface area (Å²) in [7, 11) is 3.04. The zero-order valence-electron chi connectivity index (χ0n) is 11.4. The monoisotopic (exact) mass is 259 g/mol. The fourth-order valence-corrected chi connectivity index (χ4v) is 2.20. The normalized spacial score (nSPS) is 10.5. The predicted octanol–water partition coefficient (Wildman–Crippen LogP) is 2.66. The first-order valence-electron chi connectivity index (χ1n) is 6.15. The summed E-state index contributed by atoms with van der Waals surface area (Å²) >= 11 is 0. The number of methoxy groups -OCH3 is 2. The summed E-state index contributed by atoms with van der Waals surface area (Å²) in [4.78, 5) is 15.6. The summed E-state index contributed by atoms with van der Waals surface area (Å²) in [5.74, 6) is 0.547. The number of fused-ring (bicyclic) bond motifs is 1. The molecule has 0 spiro atoms. The molecule has 0 aliphatic rings. The molecule has 0 aliphatic heterocycles. The summed E-state index contributed by atoms with van der Waals surface area (Å²) in [6, 6.07) is 5.84. The number of aryl methyl sites for hydroxylation is 2. The van der Waals surface area contributed by atoms with E-state index in [9.17, 15) is 4.79 Å². The van der Waals surface area contributed by atoms with Gasteiger partial charge < -0.3 is 9.47 Å². The van der Waals surface area contributed by atoms with Gasteiger partial charge in [0.15, 0.2) is 0 Å². The van der Waals surface area contributed by atoms with E-state index in [1.807, 2.05) is 25.1 Å². The van der Waals surface area contributed by atoms with Gasteiger partial charge in [0.1, 0.15) is 11.3 Å². The highest BCUT2D eigenvalue weighted by atomic mass is 16.5. The van der Waals surface area contributed by atoms with E-state index in [1.165, 1.54) is 7.11 Å². The first-order valence-corrected chi connectivity index (χ1v) is 6.15. The van der Waals surface area contributed by atoms with E-state index in [1.54, 1.807) is 13.3 Å². The lowest BCUT2D eigenvalue weighted by Crippen LogP contribution is -2.03. The molecule has 0 radical (unpaired) electrons. The molecule has 0 saturated heterocycles. The molecule has 1 aromatic heterocycles. The Morgan fingerprint density at radius 1 is 1.26 bits per heavy atom. The number of aromatic nitrogens is 1. The number of nitrogens with zero attached hydrogens (tertiary/aromatic N) is 1. The molecule has 4 heteroatoms. The summed E-state index contributed by atoms with van der Waals surface area (Å²) in [5.41, 5.74) is 3.06. The second-order valence-corrected chi connectivity index (χ2v) is 4.35. The second kappa shape index (κ2) is 5.69. The molecule has 0 saturated carbocycles. The van der Waals surface area contributed by atoms with Crippen LogP contribution >= 0.6 is 0 Å². The van der Waals surface area contributed by atoms with Gasteiger partial charge in [-0.05, 0) is 36.6 Å². The van der Waals surface area contributed by atoms with Crippen LogP contribution in [0.15, 0.2) is 24.4 Å². The highest BCUT2D eigenvalue weighted by Gasteiger charge is 2.11. The topological polar surface area (TPSA) is 48.4 Å². The number of hydrogen-bond acceptors (Lipinski definition) is 4. The maximum Gasteiger partial charge on any atom is 0.305 e. The largest absolute Gasteiger partial charge is 0.494 e. The molecular formula is C15H17NO3. The average molecular weight is 259 g/mol. The molecule has 0 amide bonds. The lowest BCUT2D eigenvalue weighted by molar-refractivity contribution is -0.140. The van der Waals surface area contributed by atoms with Crippen molar-refractivity contribution in [1.82, 2.24) is 4.98 Å². The van der Waals surface area contributed by atoms with Crippen LogP contribution < -0.4 is 4.74 Å². The number of rotatable bonds is 4. The van der Waals surface area contributed by atoms with Crippen LogP contribution in [0.4, 0.5) is 0 Å². The second-order valence-electron chi connectivity index (χ2n) is 4.35. The third kappa shape index (κ3) is 2.67. The predicted molar refractivity (Wildman–Crippen MR) is 73.4 cm³/mol. The zero-order chi connectivity index (χ0) is 13.8. The summed E-state index contributed by atoms with van der Waals surface area (Å²) in [6.45, 7) is 2.03. The molecule has 0 N–H and O–H groups in total. The SMILES string of the molecule is COC(=O)CCc1ccc(OC)c2nccc(C)c12. The minimum atomic E-state index is -0.203. The van der Waals surface area contributed by atoms with Crippen molar-refractivity contribution in [3.05, 3.63) is 35.5 Å². The highest BCUT2D eigenvalue weighted by Crippen LogP contribution is 2.29. The van der Waals surface area contributed by atoms with Crippen molar-refractivity contribution < 1.29 is 14.3 Å². The number of esters is 1. The summed E-state index contributed by atoms with van der Waals surface area (Å²) in [5, 5.41) is 1.06. The first kappa shape index (κ1) is 13.3. The lowest BCUT2D eigenvalue weighted by Gasteiger charge is -2.11. The third-order valence-corrected chi connectivity index (χ3v) is 3.20. The number of carbonyl (C=O) groups is 1. The maximum atomic E-state index is 11.3. The van der Waals surface area contributed by atoms with Crippen LogP contribution in [0.3, 0.4) is 0 Å². The summed E-state index contributed by atoms with van der Waals surface area (Å²) in [6.07, 6.45) is 2.77. The maximum absolute atomic E-state index is 11.3. The zero-order valence-corrected chi connectivity index (χ0v) is 11.4. The molecule has 2 rings (SSSR count). The van der Waals surface area contributed by atoms with E-state index in [2.05, 4.69) is 9.72 Å². The smallest absolute Gasteiger partial charge is 0.305 e. The van der Waals surface area contributed by atoms with Crippen LogP contribution in [0.25, 0.3) is 10.9 Å². The third-order valence-electron chi connectivity index (χ3n) is 3.20. The Morgan fingerprint density at radius 3 is 2.74 bits per heavy atom. The van der Waals surface area contributed by atoms with Gasteiger partial charge in [0, 0.05) is 18.0 Å². The van der Waals surface area contributed by atoms with Gasteiger partial charge in [0.2, 0.25) is 0 Å². The van der Waals surface area contributed by atoms with Gasteiger partial charge in [0.25, 0.3) is 0 Å². The van der Waals surface area contributed by atoms with Crippen LogP contribution in [-0.4, -0.2) is 25.2 Å². The number of hydrogen-bond donors (Lipinski definition) is 0. The Hall–Kier alpha value is -2.10. The van der Waals surface area contributed by atoms with Gasteiger partial charge in [-0.1, -0.05) is 6.07 Å². The first-order chi connectivity index (χ1) is 9.17. The number of carbonyl (C=O) groups excluding carboxylic acids is 1. The molecular weight excluding hydrogens is 242 g/mol. The number of ether oxygens (including phenoxy) is 2. The molecule has 1 heterocycles. The van der Waals surface area contributed by atoms with E-state index in [0.29, 0.717) is 12.8 Å². The van der Waals surface area contributed by atoms with Crippen molar-refractivity contribution in [3.63, 3.8) is 0 Å². The molecule has 19 heavy (non-hydrogen) atoms.